The number of hydrogen-bond donors (Lipinski definition) is 2. The van der Waals surface area contributed by atoms with Gasteiger partial charge in [-0.15, -0.1) is 0 Å². The zero-order chi connectivity index (χ0) is 16.7. The predicted molar refractivity (Wildman–Crippen MR) is 88.9 cm³/mol. The molecule has 0 aliphatic heterocycles. The molecule has 2 rings (SSSR count). The van der Waals surface area contributed by atoms with Crippen LogP contribution in [-0.2, 0) is 11.2 Å². The molecule has 5 nitrogen and oxygen atoms in total. The van der Waals surface area contributed by atoms with Crippen LogP contribution in [0.1, 0.15) is 29.8 Å². The maximum atomic E-state index is 12.4. The summed E-state index contributed by atoms with van der Waals surface area (Å²) in [4.78, 5) is 28.6. The van der Waals surface area contributed by atoms with Crippen LogP contribution in [0.4, 0.5) is 0 Å². The Hall–Kier alpha value is -2.69. The summed E-state index contributed by atoms with van der Waals surface area (Å²) in [5.74, 6) is -0.501. The van der Waals surface area contributed by atoms with E-state index >= 15 is 0 Å². The van der Waals surface area contributed by atoms with E-state index in [4.69, 9.17) is 0 Å². The largest absolute Gasteiger partial charge is 0.352 e. The molecule has 2 aromatic rings. The molecule has 0 aliphatic rings. The third-order valence-corrected chi connectivity index (χ3v) is 3.26. The van der Waals surface area contributed by atoms with Gasteiger partial charge in [-0.25, -0.2) is 0 Å². The molecule has 1 atom stereocenters. The van der Waals surface area contributed by atoms with Gasteiger partial charge in [-0.3, -0.25) is 14.6 Å². The van der Waals surface area contributed by atoms with E-state index in [9.17, 15) is 9.59 Å². The van der Waals surface area contributed by atoms with Gasteiger partial charge in [0.05, 0.1) is 5.56 Å². The molecule has 0 spiro atoms. The molecular formula is C18H21N3O2. The van der Waals surface area contributed by atoms with Crippen LogP contribution in [0.25, 0.3) is 0 Å². The lowest BCUT2D eigenvalue weighted by Crippen LogP contribution is -2.49. The van der Waals surface area contributed by atoms with Crippen molar-refractivity contribution in [1.29, 1.82) is 0 Å². The van der Waals surface area contributed by atoms with Gasteiger partial charge in [0, 0.05) is 24.9 Å². The number of carbonyl (C=O) groups is 2. The van der Waals surface area contributed by atoms with Gasteiger partial charge in [0.2, 0.25) is 5.91 Å². The predicted octanol–water partition coefficient (Wildman–Crippen LogP) is 1.95. The van der Waals surface area contributed by atoms with Gasteiger partial charge in [0.1, 0.15) is 6.04 Å². The normalized spacial score (nSPS) is 11.8. The molecule has 0 fully saturated rings. The van der Waals surface area contributed by atoms with Crippen LogP contribution < -0.4 is 10.6 Å². The van der Waals surface area contributed by atoms with E-state index in [0.717, 1.165) is 5.56 Å². The van der Waals surface area contributed by atoms with Crippen molar-refractivity contribution in [3.05, 3.63) is 66.0 Å². The third-order valence-electron chi connectivity index (χ3n) is 3.26. The van der Waals surface area contributed by atoms with Gasteiger partial charge in [0.25, 0.3) is 5.91 Å². The Bertz CT molecular complexity index is 642. The quantitative estimate of drug-likeness (QED) is 0.856. The van der Waals surface area contributed by atoms with Crippen LogP contribution in [-0.4, -0.2) is 28.9 Å². The Labute approximate surface area is 136 Å². The van der Waals surface area contributed by atoms with Crippen LogP contribution in [0.15, 0.2) is 54.9 Å². The van der Waals surface area contributed by atoms with Crippen LogP contribution >= 0.6 is 0 Å². The van der Waals surface area contributed by atoms with Crippen molar-refractivity contribution in [2.45, 2.75) is 32.4 Å². The fourth-order valence-electron chi connectivity index (χ4n) is 2.18. The zero-order valence-corrected chi connectivity index (χ0v) is 13.3. The fraction of sp³-hybridized carbons (Fsp3) is 0.278. The molecule has 2 amide bonds. The highest BCUT2D eigenvalue weighted by Gasteiger charge is 2.22. The minimum atomic E-state index is -0.632. The highest BCUT2D eigenvalue weighted by atomic mass is 16.2. The lowest BCUT2D eigenvalue weighted by Gasteiger charge is -2.20. The van der Waals surface area contributed by atoms with E-state index in [0.29, 0.717) is 12.0 Å². The van der Waals surface area contributed by atoms with E-state index in [1.807, 2.05) is 44.2 Å². The number of benzene rings is 1. The highest BCUT2D eigenvalue weighted by Crippen LogP contribution is 2.05. The first kappa shape index (κ1) is 16.7. The summed E-state index contributed by atoms with van der Waals surface area (Å²) in [5.41, 5.74) is 1.42. The van der Waals surface area contributed by atoms with E-state index in [1.165, 1.54) is 6.20 Å². The number of amides is 2. The summed E-state index contributed by atoms with van der Waals surface area (Å²) < 4.78 is 0. The molecule has 0 bridgehead atoms. The van der Waals surface area contributed by atoms with Gasteiger partial charge >= 0.3 is 0 Å². The van der Waals surface area contributed by atoms with Gasteiger partial charge < -0.3 is 10.6 Å². The molecule has 0 aliphatic carbocycles. The first-order valence-corrected chi connectivity index (χ1v) is 7.61. The molecular weight excluding hydrogens is 290 g/mol. The van der Waals surface area contributed by atoms with E-state index in [1.54, 1.807) is 18.3 Å². The standard InChI is InChI=1S/C18H21N3O2/c1-13(2)20-18(23)16(11-14-7-4-3-5-8-14)21-17(22)15-9-6-10-19-12-15/h3-10,12-13,16H,11H2,1-2H3,(H,20,23)(H,21,22)/t16-/m0/s1. The van der Waals surface area contributed by atoms with Crippen molar-refractivity contribution in [3.8, 4) is 0 Å². The summed E-state index contributed by atoms with van der Waals surface area (Å²) in [5, 5.41) is 5.65. The second-order valence-corrected chi connectivity index (χ2v) is 5.62. The average molecular weight is 311 g/mol. The van der Waals surface area contributed by atoms with Gasteiger partial charge in [-0.1, -0.05) is 30.3 Å². The van der Waals surface area contributed by atoms with Crippen molar-refractivity contribution < 1.29 is 9.59 Å². The molecule has 1 aromatic heterocycles. The SMILES string of the molecule is CC(C)NC(=O)[C@H](Cc1ccccc1)NC(=O)c1cccnc1. The second kappa shape index (κ2) is 8.08. The highest BCUT2D eigenvalue weighted by molar-refractivity contribution is 5.97. The number of rotatable bonds is 6. The van der Waals surface area contributed by atoms with Gasteiger partial charge in [-0.05, 0) is 31.5 Å². The molecule has 1 aromatic carbocycles. The van der Waals surface area contributed by atoms with Crippen molar-refractivity contribution in [2.75, 3.05) is 0 Å². The molecule has 1 heterocycles. The molecule has 0 saturated heterocycles. The topological polar surface area (TPSA) is 71.1 Å². The minimum Gasteiger partial charge on any atom is -0.352 e. The van der Waals surface area contributed by atoms with Crippen LogP contribution in [0.5, 0.6) is 0 Å². The van der Waals surface area contributed by atoms with Gasteiger partial charge in [0.15, 0.2) is 0 Å². The lowest BCUT2D eigenvalue weighted by molar-refractivity contribution is -0.123. The smallest absolute Gasteiger partial charge is 0.253 e. The maximum absolute atomic E-state index is 12.4. The molecule has 120 valence electrons. The summed E-state index contributed by atoms with van der Waals surface area (Å²) in [6.45, 7) is 3.78. The van der Waals surface area contributed by atoms with Crippen LogP contribution in [0.2, 0.25) is 0 Å². The number of hydrogen-bond acceptors (Lipinski definition) is 3. The van der Waals surface area contributed by atoms with Crippen molar-refractivity contribution in [3.63, 3.8) is 0 Å². The van der Waals surface area contributed by atoms with E-state index in [2.05, 4.69) is 15.6 Å². The average Bonchev–Trinajstić information content (AvgIpc) is 2.55. The fourth-order valence-corrected chi connectivity index (χ4v) is 2.18. The Balaban J connectivity index is 2.12. The summed E-state index contributed by atoms with van der Waals surface area (Å²) in [6.07, 6.45) is 3.52. The monoisotopic (exact) mass is 311 g/mol. The molecule has 0 radical (unpaired) electrons. The number of carbonyl (C=O) groups excluding carboxylic acids is 2. The summed E-state index contributed by atoms with van der Waals surface area (Å²) in [6, 6.07) is 12.4. The van der Waals surface area contributed by atoms with Crippen molar-refractivity contribution >= 4 is 11.8 Å². The van der Waals surface area contributed by atoms with Crippen molar-refractivity contribution in [2.24, 2.45) is 0 Å². The molecule has 2 N–H and O–H groups in total. The molecule has 5 heteroatoms. The maximum Gasteiger partial charge on any atom is 0.253 e. The van der Waals surface area contributed by atoms with E-state index < -0.39 is 6.04 Å². The second-order valence-electron chi connectivity index (χ2n) is 5.62. The zero-order valence-electron chi connectivity index (χ0n) is 13.3. The lowest BCUT2D eigenvalue weighted by atomic mass is 10.0. The van der Waals surface area contributed by atoms with Crippen molar-refractivity contribution in [1.82, 2.24) is 15.6 Å². The van der Waals surface area contributed by atoms with Crippen LogP contribution in [0.3, 0.4) is 0 Å². The molecule has 0 unspecified atom stereocenters. The number of nitrogens with one attached hydrogen (secondary N) is 2. The Kier molecular flexibility index (Phi) is 5.86. The number of aromatic nitrogens is 1. The number of nitrogens with zero attached hydrogens (tertiary/aromatic N) is 1. The first-order valence-electron chi connectivity index (χ1n) is 7.61. The molecule has 0 saturated carbocycles. The first-order chi connectivity index (χ1) is 11.1. The summed E-state index contributed by atoms with van der Waals surface area (Å²) in [7, 11) is 0. The summed E-state index contributed by atoms with van der Waals surface area (Å²) >= 11 is 0. The minimum absolute atomic E-state index is 0.0102. The number of pyridine rings is 1. The van der Waals surface area contributed by atoms with E-state index in [-0.39, 0.29) is 17.9 Å². The third kappa shape index (κ3) is 5.21. The Morgan fingerprint density at radius 3 is 2.39 bits per heavy atom. The molecule has 23 heavy (non-hydrogen) atoms. The Morgan fingerprint density at radius 1 is 1.04 bits per heavy atom. The van der Waals surface area contributed by atoms with Gasteiger partial charge in [-0.2, -0.15) is 0 Å². The van der Waals surface area contributed by atoms with Crippen LogP contribution in [0, 0.1) is 0 Å². The Morgan fingerprint density at radius 2 is 1.78 bits per heavy atom.